The summed E-state index contributed by atoms with van der Waals surface area (Å²) in [6.45, 7) is 0. The molecule has 1 aliphatic rings. The van der Waals surface area contributed by atoms with Crippen molar-refractivity contribution in [3.05, 3.63) is 114 Å². The SMILES string of the molecule is COc1ccc(C2=Nc3ccccc3SC(c3cc[cH-]c3)C2)cc1.[Fe+2].c1cc[cH-]c1. The van der Waals surface area contributed by atoms with Gasteiger partial charge in [0.1, 0.15) is 5.75 Å². The van der Waals surface area contributed by atoms with Crippen LogP contribution < -0.4 is 4.74 Å². The van der Waals surface area contributed by atoms with Gasteiger partial charge < -0.3 is 4.74 Å². The van der Waals surface area contributed by atoms with Crippen molar-refractivity contribution in [2.24, 2.45) is 4.99 Å². The summed E-state index contributed by atoms with van der Waals surface area (Å²) in [6, 6.07) is 35.2. The third-order valence-corrected chi connectivity index (χ3v) is 6.13. The molecule has 0 aromatic heterocycles. The second-order valence-corrected chi connectivity index (χ2v) is 7.99. The largest absolute Gasteiger partial charge is 2.00 e. The van der Waals surface area contributed by atoms with Gasteiger partial charge in [-0.25, -0.2) is 18.2 Å². The van der Waals surface area contributed by atoms with Crippen molar-refractivity contribution < 1.29 is 21.8 Å². The zero-order valence-electron chi connectivity index (χ0n) is 16.7. The molecule has 1 atom stereocenters. The van der Waals surface area contributed by atoms with Crippen molar-refractivity contribution in [1.29, 1.82) is 0 Å². The molecule has 0 bridgehead atoms. The topological polar surface area (TPSA) is 21.6 Å². The first kappa shape index (κ1) is 22.2. The van der Waals surface area contributed by atoms with E-state index in [9.17, 15) is 0 Å². The van der Waals surface area contributed by atoms with E-state index < -0.39 is 0 Å². The molecule has 4 aromatic rings. The van der Waals surface area contributed by atoms with Gasteiger partial charge in [0.25, 0.3) is 0 Å². The molecule has 0 radical (unpaired) electrons. The van der Waals surface area contributed by atoms with E-state index in [4.69, 9.17) is 9.73 Å². The number of hydrogen-bond acceptors (Lipinski definition) is 3. The van der Waals surface area contributed by atoms with Gasteiger partial charge in [-0.1, -0.05) is 12.1 Å². The number of methoxy groups -OCH3 is 1. The van der Waals surface area contributed by atoms with Gasteiger partial charge in [-0.05, 0) is 53.6 Å². The van der Waals surface area contributed by atoms with Crippen LogP contribution in [0, 0.1) is 0 Å². The van der Waals surface area contributed by atoms with Crippen LogP contribution in [0.4, 0.5) is 5.69 Å². The smallest absolute Gasteiger partial charge is 0.497 e. The predicted octanol–water partition coefficient (Wildman–Crippen LogP) is 7.18. The van der Waals surface area contributed by atoms with Crippen LogP contribution in [0.15, 0.2) is 113 Å². The Balaban J connectivity index is 0.000000376. The standard InChI is InChI=1S/C21H18NOS.C5H5.Fe/c1-23-17-12-10-15(11-13-17)19-14-21(16-6-2-3-7-16)24-20-9-5-4-8-18(20)22-19;1-2-4-5-3-1;/h2-13,21H,14H2,1H3;1-5H;/q2*-1;+2. The summed E-state index contributed by atoms with van der Waals surface area (Å²) in [7, 11) is 1.69. The molecule has 1 heterocycles. The molecule has 4 heteroatoms. The Morgan fingerprint density at radius 3 is 2.30 bits per heavy atom. The van der Waals surface area contributed by atoms with E-state index in [1.54, 1.807) is 7.11 Å². The van der Waals surface area contributed by atoms with Crippen LogP contribution in [-0.4, -0.2) is 12.8 Å². The fourth-order valence-corrected chi connectivity index (χ4v) is 4.52. The maximum Gasteiger partial charge on any atom is 2.00 e. The van der Waals surface area contributed by atoms with Crippen LogP contribution in [-0.2, 0) is 17.1 Å². The summed E-state index contributed by atoms with van der Waals surface area (Å²) in [4.78, 5) is 6.22. The zero-order chi connectivity index (χ0) is 19.9. The Hall–Kier alpha value is -2.52. The molecule has 0 spiro atoms. The molecule has 0 amide bonds. The summed E-state index contributed by atoms with van der Waals surface area (Å²) in [5.74, 6) is 0.871. The van der Waals surface area contributed by atoms with Crippen LogP contribution >= 0.6 is 11.8 Å². The Morgan fingerprint density at radius 2 is 1.67 bits per heavy atom. The first-order valence-corrected chi connectivity index (χ1v) is 10.6. The molecule has 4 aromatic carbocycles. The Kier molecular flexibility index (Phi) is 8.15. The van der Waals surface area contributed by atoms with Crippen molar-refractivity contribution >= 4 is 23.2 Å². The molecule has 0 saturated carbocycles. The first-order valence-electron chi connectivity index (χ1n) is 9.69. The molecule has 2 nitrogen and oxygen atoms in total. The van der Waals surface area contributed by atoms with Crippen LogP contribution in [0.2, 0.25) is 0 Å². The minimum atomic E-state index is 0. The summed E-state index contributed by atoms with van der Waals surface area (Å²) in [6.07, 6.45) is 0.912. The molecule has 1 unspecified atom stereocenters. The third kappa shape index (κ3) is 5.54. The van der Waals surface area contributed by atoms with Crippen molar-refractivity contribution in [3.63, 3.8) is 0 Å². The molecule has 0 N–H and O–H groups in total. The van der Waals surface area contributed by atoms with E-state index in [0.29, 0.717) is 5.25 Å². The number of ether oxygens (including phenoxy) is 1. The fourth-order valence-electron chi connectivity index (χ4n) is 3.29. The van der Waals surface area contributed by atoms with E-state index in [0.717, 1.165) is 29.1 Å². The summed E-state index contributed by atoms with van der Waals surface area (Å²) < 4.78 is 5.27. The molecule has 152 valence electrons. The van der Waals surface area contributed by atoms with Crippen LogP contribution in [0.3, 0.4) is 0 Å². The van der Waals surface area contributed by atoms with Crippen molar-refractivity contribution in [1.82, 2.24) is 0 Å². The minimum absolute atomic E-state index is 0. The third-order valence-electron chi connectivity index (χ3n) is 4.81. The first-order chi connectivity index (χ1) is 14.3. The van der Waals surface area contributed by atoms with Gasteiger partial charge in [-0.2, -0.15) is 42.0 Å². The van der Waals surface area contributed by atoms with E-state index >= 15 is 0 Å². The molecule has 5 rings (SSSR count). The van der Waals surface area contributed by atoms with Gasteiger partial charge in [0.15, 0.2) is 0 Å². The molecule has 1 aliphatic heterocycles. The fraction of sp³-hybridized carbons (Fsp3) is 0.115. The van der Waals surface area contributed by atoms with Crippen molar-refractivity contribution in [2.45, 2.75) is 16.6 Å². The van der Waals surface area contributed by atoms with Crippen molar-refractivity contribution in [3.8, 4) is 5.75 Å². The van der Waals surface area contributed by atoms with Gasteiger partial charge >= 0.3 is 17.1 Å². The van der Waals surface area contributed by atoms with Gasteiger partial charge in [0.05, 0.1) is 12.8 Å². The van der Waals surface area contributed by atoms with Crippen LogP contribution in [0.5, 0.6) is 5.75 Å². The Morgan fingerprint density at radius 1 is 0.900 bits per heavy atom. The quantitative estimate of drug-likeness (QED) is 0.242. The van der Waals surface area contributed by atoms with E-state index in [2.05, 4.69) is 60.7 Å². The molecule has 0 saturated heterocycles. The molecular weight excluding hydrogens is 430 g/mol. The van der Waals surface area contributed by atoms with Crippen molar-refractivity contribution in [2.75, 3.05) is 7.11 Å². The van der Waals surface area contributed by atoms with Gasteiger partial charge in [0.2, 0.25) is 0 Å². The maximum absolute atomic E-state index is 5.27. The van der Waals surface area contributed by atoms with E-state index in [-0.39, 0.29) is 17.1 Å². The normalized spacial score (nSPS) is 14.8. The number of benzene rings is 2. The summed E-state index contributed by atoms with van der Waals surface area (Å²) in [5, 5.41) is 0.379. The number of para-hydroxylation sites is 1. The molecule has 30 heavy (non-hydrogen) atoms. The molecular formula is C26H23FeNOS. The molecule has 0 aliphatic carbocycles. The monoisotopic (exact) mass is 453 g/mol. The summed E-state index contributed by atoms with van der Waals surface area (Å²) in [5.41, 5.74) is 4.70. The number of hydrogen-bond donors (Lipinski definition) is 0. The maximum atomic E-state index is 5.27. The number of fused-ring (bicyclic) bond motifs is 1. The van der Waals surface area contributed by atoms with Gasteiger partial charge in [-0.3, -0.25) is 4.99 Å². The Bertz CT molecular complexity index is 1020. The van der Waals surface area contributed by atoms with Crippen LogP contribution in [0.1, 0.15) is 22.8 Å². The van der Waals surface area contributed by atoms with E-state index in [1.165, 1.54) is 10.5 Å². The number of thioether (sulfide) groups is 1. The predicted molar refractivity (Wildman–Crippen MR) is 123 cm³/mol. The number of rotatable bonds is 3. The van der Waals surface area contributed by atoms with E-state index in [1.807, 2.05) is 54.2 Å². The molecule has 0 fully saturated rings. The average molecular weight is 453 g/mol. The second-order valence-electron chi connectivity index (χ2n) is 6.75. The number of nitrogens with zero attached hydrogens (tertiary/aromatic N) is 1. The number of aliphatic imine (C=N–C) groups is 1. The van der Waals surface area contributed by atoms with Gasteiger partial charge in [0, 0.05) is 10.6 Å². The summed E-state index contributed by atoms with van der Waals surface area (Å²) >= 11 is 1.90. The van der Waals surface area contributed by atoms with Gasteiger partial charge in [-0.15, -0.1) is 11.8 Å². The van der Waals surface area contributed by atoms with Crippen LogP contribution in [0.25, 0.3) is 0 Å². The average Bonchev–Trinajstić information content (AvgIpc) is 3.48. The second kappa shape index (κ2) is 11.0. The zero-order valence-corrected chi connectivity index (χ0v) is 18.6. The minimum Gasteiger partial charge on any atom is -0.497 e. The Labute approximate surface area is 193 Å².